The summed E-state index contributed by atoms with van der Waals surface area (Å²) in [5.74, 6) is -0.0348. The minimum absolute atomic E-state index is 0.0348. The van der Waals surface area contributed by atoms with Crippen LogP contribution in [-0.4, -0.2) is 44.7 Å². The van der Waals surface area contributed by atoms with Gasteiger partial charge in [-0.2, -0.15) is 5.10 Å². The van der Waals surface area contributed by atoms with E-state index in [0.29, 0.717) is 11.7 Å². The second-order valence-corrected chi connectivity index (χ2v) is 7.50. The Labute approximate surface area is 154 Å². The lowest BCUT2D eigenvalue weighted by atomic mass is 10.0. The normalized spacial score (nSPS) is 19.7. The topological polar surface area (TPSA) is 63.1 Å². The SMILES string of the molecule is O=C(NC1CCN(Cc2cccnc2)CC1)c1ccn(C2CCCC2)n1. The van der Waals surface area contributed by atoms with Gasteiger partial charge >= 0.3 is 0 Å². The first-order chi connectivity index (χ1) is 12.8. The Balaban J connectivity index is 1.25. The van der Waals surface area contributed by atoms with Crippen molar-refractivity contribution in [2.24, 2.45) is 0 Å². The van der Waals surface area contributed by atoms with E-state index in [2.05, 4.69) is 26.4 Å². The lowest BCUT2D eigenvalue weighted by Crippen LogP contribution is -2.44. The minimum Gasteiger partial charge on any atom is -0.348 e. The molecule has 1 amide bonds. The summed E-state index contributed by atoms with van der Waals surface area (Å²) in [5, 5.41) is 7.69. The molecule has 0 unspecified atom stereocenters. The van der Waals surface area contributed by atoms with Crippen molar-refractivity contribution in [2.45, 2.75) is 57.2 Å². The van der Waals surface area contributed by atoms with Crippen LogP contribution in [0.2, 0.25) is 0 Å². The molecule has 2 aromatic rings. The fraction of sp³-hybridized carbons (Fsp3) is 0.550. The molecule has 1 saturated carbocycles. The Morgan fingerprint density at radius 3 is 2.69 bits per heavy atom. The number of carbonyl (C=O) groups is 1. The van der Waals surface area contributed by atoms with E-state index in [4.69, 9.17) is 0 Å². The van der Waals surface area contributed by atoms with E-state index in [-0.39, 0.29) is 11.9 Å². The van der Waals surface area contributed by atoms with Crippen LogP contribution in [0.4, 0.5) is 0 Å². The molecule has 1 aliphatic heterocycles. The van der Waals surface area contributed by atoms with E-state index < -0.39 is 0 Å². The van der Waals surface area contributed by atoms with Gasteiger partial charge in [0, 0.05) is 44.3 Å². The van der Waals surface area contributed by atoms with Crippen LogP contribution < -0.4 is 5.32 Å². The number of likely N-dealkylation sites (tertiary alicyclic amines) is 1. The third-order valence-corrected chi connectivity index (χ3v) is 5.59. The summed E-state index contributed by atoms with van der Waals surface area (Å²) in [6.07, 6.45) is 12.5. The van der Waals surface area contributed by atoms with E-state index >= 15 is 0 Å². The maximum atomic E-state index is 12.5. The number of hydrogen-bond acceptors (Lipinski definition) is 4. The number of carbonyl (C=O) groups excluding carboxylic acids is 1. The van der Waals surface area contributed by atoms with Gasteiger partial charge in [-0.05, 0) is 43.4 Å². The second-order valence-electron chi connectivity index (χ2n) is 7.50. The van der Waals surface area contributed by atoms with Crippen molar-refractivity contribution >= 4 is 5.91 Å². The number of pyridine rings is 1. The number of aromatic nitrogens is 3. The van der Waals surface area contributed by atoms with Crippen LogP contribution in [0.5, 0.6) is 0 Å². The van der Waals surface area contributed by atoms with Gasteiger partial charge in [0.2, 0.25) is 0 Å². The van der Waals surface area contributed by atoms with E-state index in [0.717, 1.165) is 32.5 Å². The molecule has 6 heteroatoms. The predicted molar refractivity (Wildman–Crippen MR) is 99.7 cm³/mol. The van der Waals surface area contributed by atoms with Gasteiger partial charge in [0.05, 0.1) is 6.04 Å². The molecule has 2 fully saturated rings. The second kappa shape index (κ2) is 7.99. The molecule has 6 nitrogen and oxygen atoms in total. The van der Waals surface area contributed by atoms with Gasteiger partial charge < -0.3 is 5.32 Å². The number of amides is 1. The van der Waals surface area contributed by atoms with Gasteiger partial charge in [0.15, 0.2) is 0 Å². The first-order valence-electron chi connectivity index (χ1n) is 9.75. The molecule has 2 aromatic heterocycles. The molecule has 0 aromatic carbocycles. The summed E-state index contributed by atoms with van der Waals surface area (Å²) in [5.41, 5.74) is 1.79. The molecule has 0 spiro atoms. The number of nitrogens with one attached hydrogen (secondary N) is 1. The van der Waals surface area contributed by atoms with E-state index in [9.17, 15) is 4.79 Å². The predicted octanol–water partition coefficient (Wildman–Crippen LogP) is 2.79. The quantitative estimate of drug-likeness (QED) is 0.898. The van der Waals surface area contributed by atoms with E-state index in [1.54, 1.807) is 6.20 Å². The number of piperidine rings is 1. The Hall–Kier alpha value is -2.21. The van der Waals surface area contributed by atoms with E-state index in [1.807, 2.05) is 29.2 Å². The molecule has 2 aliphatic rings. The van der Waals surface area contributed by atoms with Gasteiger partial charge in [-0.25, -0.2) is 0 Å². The summed E-state index contributed by atoms with van der Waals surface area (Å²) in [7, 11) is 0. The lowest BCUT2D eigenvalue weighted by molar-refractivity contribution is 0.0902. The average molecular weight is 353 g/mol. The number of rotatable bonds is 5. The Morgan fingerprint density at radius 2 is 1.96 bits per heavy atom. The first kappa shape index (κ1) is 17.2. The van der Waals surface area contributed by atoms with Gasteiger partial charge in [-0.3, -0.25) is 19.4 Å². The van der Waals surface area contributed by atoms with Crippen molar-refractivity contribution in [3.63, 3.8) is 0 Å². The Bertz CT molecular complexity index is 715. The highest BCUT2D eigenvalue weighted by molar-refractivity contribution is 5.92. The number of nitrogens with zero attached hydrogens (tertiary/aromatic N) is 4. The van der Waals surface area contributed by atoms with Crippen molar-refractivity contribution < 1.29 is 4.79 Å². The van der Waals surface area contributed by atoms with Crippen molar-refractivity contribution in [1.29, 1.82) is 0 Å². The lowest BCUT2D eigenvalue weighted by Gasteiger charge is -2.32. The highest BCUT2D eigenvalue weighted by atomic mass is 16.2. The first-order valence-corrected chi connectivity index (χ1v) is 9.75. The molecule has 1 saturated heterocycles. The van der Waals surface area contributed by atoms with Gasteiger partial charge in [-0.1, -0.05) is 18.9 Å². The van der Waals surface area contributed by atoms with Crippen molar-refractivity contribution in [3.8, 4) is 0 Å². The molecule has 0 radical (unpaired) electrons. The average Bonchev–Trinajstić information content (AvgIpc) is 3.36. The van der Waals surface area contributed by atoms with Crippen LogP contribution in [0.1, 0.15) is 60.6 Å². The molecule has 26 heavy (non-hydrogen) atoms. The van der Waals surface area contributed by atoms with Crippen LogP contribution in [0.15, 0.2) is 36.8 Å². The third-order valence-electron chi connectivity index (χ3n) is 5.59. The van der Waals surface area contributed by atoms with Gasteiger partial charge in [0.1, 0.15) is 5.69 Å². The number of hydrogen-bond donors (Lipinski definition) is 1. The summed E-state index contributed by atoms with van der Waals surface area (Å²) in [6, 6.07) is 6.66. The summed E-state index contributed by atoms with van der Waals surface area (Å²) >= 11 is 0. The standard InChI is InChI=1S/C20H27N5O/c26-20(19-9-13-25(23-19)18-5-1-2-6-18)22-17-7-11-24(12-8-17)15-16-4-3-10-21-14-16/h3-4,9-10,13-14,17-18H,1-2,5-8,11-12,15H2,(H,22,26). The fourth-order valence-corrected chi connectivity index (χ4v) is 4.08. The molecule has 3 heterocycles. The molecule has 1 N–H and O–H groups in total. The third kappa shape index (κ3) is 4.12. The molecular formula is C20H27N5O. The summed E-state index contributed by atoms with van der Waals surface area (Å²) < 4.78 is 1.98. The molecule has 1 aliphatic carbocycles. The summed E-state index contributed by atoms with van der Waals surface area (Å²) in [6.45, 7) is 2.92. The zero-order chi connectivity index (χ0) is 17.8. The van der Waals surface area contributed by atoms with Crippen molar-refractivity contribution in [2.75, 3.05) is 13.1 Å². The highest BCUT2D eigenvalue weighted by Gasteiger charge is 2.23. The van der Waals surface area contributed by atoms with E-state index in [1.165, 1.54) is 31.2 Å². The van der Waals surface area contributed by atoms with Gasteiger partial charge in [0.25, 0.3) is 5.91 Å². The highest BCUT2D eigenvalue weighted by Crippen LogP contribution is 2.28. The van der Waals surface area contributed by atoms with Crippen LogP contribution in [0, 0.1) is 0 Å². The summed E-state index contributed by atoms with van der Waals surface area (Å²) in [4.78, 5) is 19.1. The van der Waals surface area contributed by atoms with Crippen molar-refractivity contribution in [3.05, 3.63) is 48.0 Å². The van der Waals surface area contributed by atoms with Gasteiger partial charge in [-0.15, -0.1) is 0 Å². The molecule has 0 atom stereocenters. The maximum Gasteiger partial charge on any atom is 0.271 e. The van der Waals surface area contributed by atoms with Crippen LogP contribution >= 0.6 is 0 Å². The molecular weight excluding hydrogens is 326 g/mol. The molecule has 0 bridgehead atoms. The zero-order valence-corrected chi connectivity index (χ0v) is 15.2. The molecule has 138 valence electrons. The Morgan fingerprint density at radius 1 is 1.15 bits per heavy atom. The smallest absolute Gasteiger partial charge is 0.271 e. The van der Waals surface area contributed by atoms with Crippen LogP contribution in [-0.2, 0) is 6.54 Å². The zero-order valence-electron chi connectivity index (χ0n) is 15.2. The van der Waals surface area contributed by atoms with Crippen LogP contribution in [0.25, 0.3) is 0 Å². The minimum atomic E-state index is -0.0348. The largest absolute Gasteiger partial charge is 0.348 e. The fourth-order valence-electron chi connectivity index (χ4n) is 4.08. The maximum absolute atomic E-state index is 12.5. The van der Waals surface area contributed by atoms with Crippen molar-refractivity contribution in [1.82, 2.24) is 25.0 Å². The van der Waals surface area contributed by atoms with Crippen LogP contribution in [0.3, 0.4) is 0 Å². The monoisotopic (exact) mass is 353 g/mol. The Kier molecular flexibility index (Phi) is 5.29. The molecule has 4 rings (SSSR count).